The molecule has 0 unspecified atom stereocenters. The van der Waals surface area contributed by atoms with Crippen molar-refractivity contribution in [2.75, 3.05) is 13.4 Å². The van der Waals surface area contributed by atoms with E-state index in [2.05, 4.69) is 4.98 Å². The zero-order valence-electron chi connectivity index (χ0n) is 9.39. The first kappa shape index (κ1) is 11.8. The van der Waals surface area contributed by atoms with Crippen molar-refractivity contribution < 1.29 is 19.1 Å². The molecule has 6 heteroatoms. The van der Waals surface area contributed by atoms with E-state index in [1.807, 2.05) is 6.26 Å². The number of oxazole rings is 1. The molecule has 2 aromatic rings. The molecule has 0 aliphatic heterocycles. The van der Waals surface area contributed by atoms with Crippen LogP contribution >= 0.6 is 11.8 Å². The number of carboxylic acids is 1. The fourth-order valence-electron chi connectivity index (χ4n) is 1.51. The number of fused-ring (bicyclic) bond motifs is 1. The van der Waals surface area contributed by atoms with Crippen molar-refractivity contribution in [3.8, 4) is 5.75 Å². The first-order valence-corrected chi connectivity index (χ1v) is 6.24. The zero-order chi connectivity index (χ0) is 12.4. The number of aromatic nitrogens is 1. The molecule has 1 aromatic carbocycles. The summed E-state index contributed by atoms with van der Waals surface area (Å²) < 4.78 is 10.6. The highest BCUT2D eigenvalue weighted by Crippen LogP contribution is 2.29. The molecule has 2 rings (SSSR count). The Morgan fingerprint density at radius 3 is 2.94 bits per heavy atom. The zero-order valence-corrected chi connectivity index (χ0v) is 10.2. The molecule has 0 saturated carbocycles. The number of carbonyl (C=O) groups is 1. The van der Waals surface area contributed by atoms with Gasteiger partial charge in [-0.2, -0.15) is 11.8 Å². The molecule has 0 atom stereocenters. The fourth-order valence-corrected chi connectivity index (χ4v) is 1.88. The third-order valence-corrected chi connectivity index (χ3v) is 2.77. The molecule has 0 aliphatic rings. The summed E-state index contributed by atoms with van der Waals surface area (Å²) >= 11 is 1.58. The van der Waals surface area contributed by atoms with Gasteiger partial charge in [-0.05, 0) is 18.4 Å². The van der Waals surface area contributed by atoms with E-state index < -0.39 is 5.97 Å². The minimum Gasteiger partial charge on any atom is -0.493 e. The molecule has 1 heterocycles. The van der Waals surface area contributed by atoms with E-state index in [-0.39, 0.29) is 5.56 Å². The Morgan fingerprint density at radius 1 is 1.59 bits per heavy atom. The Labute approximate surface area is 102 Å². The number of aromatic carboxylic acids is 1. The van der Waals surface area contributed by atoms with E-state index in [1.54, 1.807) is 11.8 Å². The number of ether oxygens (including phenoxy) is 1. The lowest BCUT2D eigenvalue weighted by Gasteiger charge is -2.01. The van der Waals surface area contributed by atoms with Gasteiger partial charge in [-0.1, -0.05) is 0 Å². The monoisotopic (exact) mass is 253 g/mol. The molecular formula is C11H11NO4S. The standard InChI is InChI=1S/C11H11NO4S/c1-15-8-4-6(11(13)14)3-7-10(8)16-9(12-7)5-17-2/h3-4H,5H2,1-2H3,(H,13,14). The van der Waals surface area contributed by atoms with E-state index in [0.717, 1.165) is 0 Å². The average molecular weight is 253 g/mol. The third kappa shape index (κ3) is 2.21. The maximum Gasteiger partial charge on any atom is 0.335 e. The van der Waals surface area contributed by atoms with Gasteiger partial charge < -0.3 is 14.3 Å². The Balaban J connectivity index is 2.60. The molecule has 1 N–H and O–H groups in total. The van der Waals surface area contributed by atoms with Gasteiger partial charge in [-0.25, -0.2) is 9.78 Å². The first-order chi connectivity index (χ1) is 8.15. The second-order valence-electron chi connectivity index (χ2n) is 3.37. The highest BCUT2D eigenvalue weighted by atomic mass is 32.2. The van der Waals surface area contributed by atoms with Crippen LogP contribution in [0.4, 0.5) is 0 Å². The second kappa shape index (κ2) is 4.67. The summed E-state index contributed by atoms with van der Waals surface area (Å²) in [6.07, 6.45) is 1.94. The Morgan fingerprint density at radius 2 is 2.35 bits per heavy atom. The fraction of sp³-hybridized carbons (Fsp3) is 0.273. The minimum absolute atomic E-state index is 0.137. The summed E-state index contributed by atoms with van der Waals surface area (Å²) in [6, 6.07) is 2.91. The number of carboxylic acid groups (broad SMARTS) is 1. The van der Waals surface area contributed by atoms with Crippen LogP contribution in [0.3, 0.4) is 0 Å². The van der Waals surface area contributed by atoms with E-state index in [0.29, 0.717) is 28.5 Å². The summed E-state index contributed by atoms with van der Waals surface area (Å²) in [4.78, 5) is 15.2. The van der Waals surface area contributed by atoms with Gasteiger partial charge in [-0.15, -0.1) is 0 Å². The van der Waals surface area contributed by atoms with Gasteiger partial charge in [0, 0.05) is 0 Å². The SMILES string of the molecule is COc1cc(C(=O)O)cc2nc(CSC)oc12. The van der Waals surface area contributed by atoms with Gasteiger partial charge in [-0.3, -0.25) is 0 Å². The van der Waals surface area contributed by atoms with Crippen LogP contribution in [0.15, 0.2) is 16.5 Å². The average Bonchev–Trinajstić information content (AvgIpc) is 2.70. The molecule has 0 saturated heterocycles. The molecular weight excluding hydrogens is 242 g/mol. The Bertz CT molecular complexity index is 564. The molecule has 1 aromatic heterocycles. The van der Waals surface area contributed by atoms with Crippen LogP contribution in [0.5, 0.6) is 5.75 Å². The number of thioether (sulfide) groups is 1. The normalized spacial score (nSPS) is 10.7. The maximum absolute atomic E-state index is 10.9. The van der Waals surface area contributed by atoms with Crippen molar-refractivity contribution in [3.63, 3.8) is 0 Å². The van der Waals surface area contributed by atoms with Crippen LogP contribution in [-0.4, -0.2) is 29.4 Å². The van der Waals surface area contributed by atoms with Crippen LogP contribution < -0.4 is 4.74 Å². The quantitative estimate of drug-likeness (QED) is 0.902. The van der Waals surface area contributed by atoms with Gasteiger partial charge in [0.25, 0.3) is 0 Å². The predicted molar refractivity (Wildman–Crippen MR) is 64.7 cm³/mol. The molecule has 5 nitrogen and oxygen atoms in total. The molecule has 90 valence electrons. The van der Waals surface area contributed by atoms with Crippen LogP contribution in [0.25, 0.3) is 11.1 Å². The number of rotatable bonds is 4. The maximum atomic E-state index is 10.9. The first-order valence-electron chi connectivity index (χ1n) is 4.85. The number of benzene rings is 1. The van der Waals surface area contributed by atoms with Crippen LogP contribution in [0.1, 0.15) is 16.2 Å². The molecule has 0 bridgehead atoms. The molecule has 17 heavy (non-hydrogen) atoms. The van der Waals surface area contributed by atoms with Gasteiger partial charge >= 0.3 is 5.97 Å². The minimum atomic E-state index is -1.01. The van der Waals surface area contributed by atoms with E-state index in [9.17, 15) is 4.79 Å². The van der Waals surface area contributed by atoms with Crippen molar-refractivity contribution in [1.29, 1.82) is 0 Å². The number of hydrogen-bond donors (Lipinski definition) is 1. The molecule has 0 amide bonds. The molecule has 0 radical (unpaired) electrons. The molecule has 0 fully saturated rings. The number of nitrogens with zero attached hydrogens (tertiary/aromatic N) is 1. The van der Waals surface area contributed by atoms with Gasteiger partial charge in [0.2, 0.25) is 5.89 Å². The highest BCUT2D eigenvalue weighted by molar-refractivity contribution is 7.97. The lowest BCUT2D eigenvalue weighted by atomic mass is 10.2. The van der Waals surface area contributed by atoms with Gasteiger partial charge in [0.15, 0.2) is 11.3 Å². The Kier molecular flexibility index (Phi) is 3.23. The van der Waals surface area contributed by atoms with Crippen LogP contribution in [-0.2, 0) is 5.75 Å². The van der Waals surface area contributed by atoms with Crippen molar-refractivity contribution in [1.82, 2.24) is 4.98 Å². The summed E-state index contributed by atoms with van der Waals surface area (Å²) in [6.45, 7) is 0. The van der Waals surface area contributed by atoms with Crippen molar-refractivity contribution in [2.24, 2.45) is 0 Å². The van der Waals surface area contributed by atoms with E-state index in [4.69, 9.17) is 14.3 Å². The van der Waals surface area contributed by atoms with Crippen molar-refractivity contribution in [2.45, 2.75) is 5.75 Å². The largest absolute Gasteiger partial charge is 0.493 e. The highest BCUT2D eigenvalue weighted by Gasteiger charge is 2.15. The second-order valence-corrected chi connectivity index (χ2v) is 4.24. The number of methoxy groups -OCH3 is 1. The lowest BCUT2D eigenvalue weighted by Crippen LogP contribution is -1.97. The van der Waals surface area contributed by atoms with Gasteiger partial charge in [0.05, 0.1) is 18.4 Å². The van der Waals surface area contributed by atoms with Crippen molar-refractivity contribution >= 4 is 28.8 Å². The molecule has 0 aliphatic carbocycles. The predicted octanol–water partition coefficient (Wildman–Crippen LogP) is 2.40. The number of hydrogen-bond acceptors (Lipinski definition) is 5. The van der Waals surface area contributed by atoms with E-state index in [1.165, 1.54) is 19.2 Å². The topological polar surface area (TPSA) is 72.6 Å². The van der Waals surface area contributed by atoms with Crippen LogP contribution in [0, 0.1) is 0 Å². The van der Waals surface area contributed by atoms with Crippen LogP contribution in [0.2, 0.25) is 0 Å². The summed E-state index contributed by atoms with van der Waals surface area (Å²) in [7, 11) is 1.47. The smallest absolute Gasteiger partial charge is 0.335 e. The summed E-state index contributed by atoms with van der Waals surface area (Å²) in [5.41, 5.74) is 1.13. The van der Waals surface area contributed by atoms with E-state index >= 15 is 0 Å². The summed E-state index contributed by atoms with van der Waals surface area (Å²) in [5.74, 6) is 0.577. The Hall–Kier alpha value is -1.69. The van der Waals surface area contributed by atoms with Crippen molar-refractivity contribution in [3.05, 3.63) is 23.6 Å². The lowest BCUT2D eigenvalue weighted by molar-refractivity contribution is 0.0696. The van der Waals surface area contributed by atoms with Gasteiger partial charge in [0.1, 0.15) is 5.52 Å². The third-order valence-electron chi connectivity index (χ3n) is 2.23. The molecule has 0 spiro atoms. The summed E-state index contributed by atoms with van der Waals surface area (Å²) in [5, 5.41) is 8.96.